The quantitative estimate of drug-likeness (QED) is 0.595. The predicted molar refractivity (Wildman–Crippen MR) is 45.9 cm³/mol. The van der Waals surface area contributed by atoms with Crippen LogP contribution in [0.3, 0.4) is 0 Å². The Morgan fingerprint density at radius 3 is 1.82 bits per heavy atom. The van der Waals surface area contributed by atoms with Gasteiger partial charge in [-0.3, -0.25) is 0 Å². The van der Waals surface area contributed by atoms with E-state index in [2.05, 4.69) is 32.7 Å². The van der Waals surface area contributed by atoms with Gasteiger partial charge in [-0.15, -0.1) is 0 Å². The van der Waals surface area contributed by atoms with Crippen LogP contribution in [0.15, 0.2) is 18.3 Å². The van der Waals surface area contributed by atoms with E-state index in [9.17, 15) is 4.39 Å². The second kappa shape index (κ2) is 4.16. The Hall–Kier alpha value is -0.790. The molecule has 1 N–H and O–H groups in total. The summed E-state index contributed by atoms with van der Waals surface area (Å²) in [5.74, 6) is -0.282. The van der Waals surface area contributed by atoms with Crippen molar-refractivity contribution in [2.24, 2.45) is 5.41 Å². The first-order valence-electron chi connectivity index (χ1n) is 3.68. The fraction of sp³-hybridized carbons (Fsp3) is 0.556. The topological polar surface area (TPSA) is 15.8 Å². The van der Waals surface area contributed by atoms with E-state index in [1.807, 2.05) is 0 Å². The Morgan fingerprint density at radius 2 is 1.73 bits per heavy atom. The normalized spacial score (nSPS) is 10.3. The zero-order valence-electron chi connectivity index (χ0n) is 7.61. The molecule has 1 aromatic heterocycles. The van der Waals surface area contributed by atoms with Crippen LogP contribution in [0.25, 0.3) is 0 Å². The van der Waals surface area contributed by atoms with Crippen LogP contribution < -0.4 is 0 Å². The first-order valence-corrected chi connectivity index (χ1v) is 3.68. The van der Waals surface area contributed by atoms with Gasteiger partial charge in [-0.25, -0.2) is 0 Å². The summed E-state index contributed by atoms with van der Waals surface area (Å²) in [6.45, 7) is 8.75. The molecule has 0 saturated carbocycles. The molecule has 0 bridgehead atoms. The monoisotopic (exact) mass is 157 g/mol. The molecule has 0 amide bonds. The fourth-order valence-electron chi connectivity index (χ4n) is 0.308. The molecule has 0 unspecified atom stereocenters. The number of hydrogen-bond donors (Lipinski definition) is 1. The summed E-state index contributed by atoms with van der Waals surface area (Å²) in [5, 5.41) is 0. The number of H-pyrrole nitrogens is 1. The van der Waals surface area contributed by atoms with Gasteiger partial charge in [-0.2, -0.15) is 4.39 Å². The number of aromatic amines is 1. The van der Waals surface area contributed by atoms with Crippen molar-refractivity contribution < 1.29 is 4.39 Å². The van der Waals surface area contributed by atoms with Crippen LogP contribution >= 0.6 is 0 Å². The first kappa shape index (κ1) is 10.2. The van der Waals surface area contributed by atoms with Crippen LogP contribution in [0.4, 0.5) is 4.39 Å². The van der Waals surface area contributed by atoms with Crippen LogP contribution in [0.2, 0.25) is 0 Å². The molecule has 0 spiro atoms. The molecule has 2 heteroatoms. The summed E-state index contributed by atoms with van der Waals surface area (Å²) in [5.41, 5.74) is 0.500. The highest BCUT2D eigenvalue weighted by molar-refractivity contribution is 4.88. The van der Waals surface area contributed by atoms with E-state index in [-0.39, 0.29) is 5.95 Å². The third-order valence-corrected chi connectivity index (χ3v) is 0.560. The van der Waals surface area contributed by atoms with E-state index >= 15 is 0 Å². The molecule has 64 valence electrons. The molecule has 0 aliphatic rings. The van der Waals surface area contributed by atoms with Crippen LogP contribution in [0, 0.1) is 11.4 Å². The van der Waals surface area contributed by atoms with E-state index in [1.165, 1.54) is 12.3 Å². The van der Waals surface area contributed by atoms with Gasteiger partial charge in [-0.05, 0) is 17.5 Å². The fourth-order valence-corrected chi connectivity index (χ4v) is 0.308. The number of nitrogens with one attached hydrogen (secondary N) is 1. The maximum absolute atomic E-state index is 11.6. The van der Waals surface area contributed by atoms with E-state index in [4.69, 9.17) is 0 Å². The Morgan fingerprint density at radius 1 is 1.27 bits per heavy atom. The van der Waals surface area contributed by atoms with Gasteiger partial charge in [0.1, 0.15) is 0 Å². The lowest BCUT2D eigenvalue weighted by Crippen LogP contribution is -1.93. The molecule has 1 rings (SSSR count). The van der Waals surface area contributed by atoms with Gasteiger partial charge in [0.15, 0.2) is 5.95 Å². The lowest BCUT2D eigenvalue weighted by Gasteiger charge is -2.05. The molecule has 0 atom stereocenters. The van der Waals surface area contributed by atoms with Crippen LogP contribution in [0.1, 0.15) is 27.7 Å². The largest absolute Gasteiger partial charge is 0.339 e. The summed E-state index contributed by atoms with van der Waals surface area (Å²) < 4.78 is 11.6. The molecule has 1 aromatic rings. The predicted octanol–water partition coefficient (Wildman–Crippen LogP) is 3.21. The van der Waals surface area contributed by atoms with Gasteiger partial charge in [0.05, 0.1) is 0 Å². The van der Waals surface area contributed by atoms with E-state index in [0.29, 0.717) is 5.41 Å². The molecule has 0 saturated heterocycles. The van der Waals surface area contributed by atoms with Gasteiger partial charge in [0.2, 0.25) is 0 Å². The molecule has 0 aliphatic heterocycles. The van der Waals surface area contributed by atoms with Crippen LogP contribution in [0.5, 0.6) is 0 Å². The van der Waals surface area contributed by atoms with Gasteiger partial charge < -0.3 is 4.98 Å². The Balaban J connectivity index is 0.000000187. The Labute approximate surface area is 67.6 Å². The van der Waals surface area contributed by atoms with Crippen molar-refractivity contribution >= 4 is 0 Å². The number of halogens is 1. The average molecular weight is 157 g/mol. The van der Waals surface area contributed by atoms with Crippen molar-refractivity contribution in [1.29, 1.82) is 0 Å². The summed E-state index contributed by atoms with van der Waals surface area (Å²) in [6, 6.07) is 2.97. The summed E-state index contributed by atoms with van der Waals surface area (Å²) in [6.07, 6.45) is 1.54. The summed E-state index contributed by atoms with van der Waals surface area (Å²) >= 11 is 0. The van der Waals surface area contributed by atoms with Gasteiger partial charge in [0, 0.05) is 6.20 Å². The summed E-state index contributed by atoms with van der Waals surface area (Å²) in [7, 11) is 0. The molecule has 1 nitrogen and oxygen atoms in total. The lowest BCUT2D eigenvalue weighted by atomic mass is 10.0. The van der Waals surface area contributed by atoms with Crippen molar-refractivity contribution in [3.05, 3.63) is 24.3 Å². The van der Waals surface area contributed by atoms with Gasteiger partial charge >= 0.3 is 0 Å². The molecular weight excluding hydrogens is 141 g/mol. The molecule has 0 aromatic carbocycles. The minimum absolute atomic E-state index is 0.282. The van der Waals surface area contributed by atoms with Gasteiger partial charge in [-0.1, -0.05) is 27.7 Å². The number of rotatable bonds is 0. The van der Waals surface area contributed by atoms with Gasteiger partial charge in [0.25, 0.3) is 0 Å². The SMILES string of the molecule is CC(C)(C)C.Fc1ccc[nH]1. The average Bonchev–Trinajstić information content (AvgIpc) is 2.12. The molecular formula is C9H16FN. The highest BCUT2D eigenvalue weighted by Gasteiger charge is 1.95. The lowest BCUT2D eigenvalue weighted by molar-refractivity contribution is 0.469. The van der Waals surface area contributed by atoms with E-state index < -0.39 is 0 Å². The highest BCUT2D eigenvalue weighted by Crippen LogP contribution is 2.08. The van der Waals surface area contributed by atoms with E-state index in [0.717, 1.165) is 0 Å². The van der Waals surface area contributed by atoms with Crippen molar-refractivity contribution in [3.8, 4) is 0 Å². The third-order valence-electron chi connectivity index (χ3n) is 0.560. The zero-order chi connectivity index (χ0) is 8.91. The zero-order valence-corrected chi connectivity index (χ0v) is 7.61. The number of hydrogen-bond acceptors (Lipinski definition) is 0. The minimum atomic E-state index is -0.282. The minimum Gasteiger partial charge on any atom is -0.339 e. The van der Waals surface area contributed by atoms with Crippen LogP contribution in [-0.2, 0) is 0 Å². The van der Waals surface area contributed by atoms with E-state index in [1.54, 1.807) is 6.07 Å². The molecule has 0 radical (unpaired) electrons. The van der Waals surface area contributed by atoms with Crippen molar-refractivity contribution in [2.45, 2.75) is 27.7 Å². The molecule has 0 fully saturated rings. The standard InChI is InChI=1S/C5H12.C4H4FN/c1-5(2,3)4;5-4-2-1-3-6-4/h1-4H3;1-3,6H. The number of aromatic nitrogens is 1. The maximum atomic E-state index is 11.6. The second-order valence-corrected chi connectivity index (χ2v) is 4.02. The summed E-state index contributed by atoms with van der Waals surface area (Å²) in [4.78, 5) is 2.33. The molecule has 0 aliphatic carbocycles. The van der Waals surface area contributed by atoms with Crippen molar-refractivity contribution in [1.82, 2.24) is 4.98 Å². The second-order valence-electron chi connectivity index (χ2n) is 4.02. The molecule has 1 heterocycles. The Kier molecular flexibility index (Phi) is 3.86. The maximum Gasteiger partial charge on any atom is 0.191 e. The first-order chi connectivity index (χ1) is 4.89. The Bertz CT molecular complexity index is 166. The third kappa shape index (κ3) is 12.4. The highest BCUT2D eigenvalue weighted by atomic mass is 19.1. The smallest absolute Gasteiger partial charge is 0.191 e. The van der Waals surface area contributed by atoms with Crippen LogP contribution in [-0.4, -0.2) is 4.98 Å². The van der Waals surface area contributed by atoms with Crippen molar-refractivity contribution in [2.75, 3.05) is 0 Å². The van der Waals surface area contributed by atoms with Crippen molar-refractivity contribution in [3.63, 3.8) is 0 Å². The molecule has 11 heavy (non-hydrogen) atoms.